The first-order chi connectivity index (χ1) is 4.48. The fourth-order valence-electron chi connectivity index (χ4n) is 0.547. The zero-order chi connectivity index (χ0) is 8.20. The molecular weight excluding hydrogens is 256 g/mol. The summed E-state index contributed by atoms with van der Waals surface area (Å²) in [6, 6.07) is 0. The monoisotopic (exact) mass is 266 g/mol. The highest BCUT2D eigenvalue weighted by Crippen LogP contribution is 2.30. The second-order valence-corrected chi connectivity index (χ2v) is 3.65. The average Bonchev–Trinajstić information content (AvgIpc) is 1.80. The molecule has 0 N–H and O–H groups in total. The summed E-state index contributed by atoms with van der Waals surface area (Å²) in [5.41, 5.74) is 0. The van der Waals surface area contributed by atoms with Gasteiger partial charge in [-0.3, -0.25) is 0 Å². The lowest BCUT2D eigenvalue weighted by molar-refractivity contribution is -0.126. The second kappa shape index (κ2) is 4.41. The van der Waals surface area contributed by atoms with Crippen LogP contribution in [-0.2, 0) is 0 Å². The molecular formula is C6H10F3I. The molecule has 1 unspecified atom stereocenters. The normalized spacial score (nSPS) is 15.3. The summed E-state index contributed by atoms with van der Waals surface area (Å²) in [6.45, 7) is 1.89. The molecule has 1 atom stereocenters. The predicted octanol–water partition coefficient (Wildman–Crippen LogP) is 3.54. The van der Waals surface area contributed by atoms with Crippen LogP contribution in [0.1, 0.15) is 26.2 Å². The third kappa shape index (κ3) is 4.35. The van der Waals surface area contributed by atoms with Gasteiger partial charge < -0.3 is 0 Å². The van der Waals surface area contributed by atoms with E-state index in [0.717, 1.165) is 6.42 Å². The van der Waals surface area contributed by atoms with Gasteiger partial charge in [-0.15, -0.1) is 0 Å². The highest BCUT2D eigenvalue weighted by Gasteiger charge is 2.36. The molecule has 0 rings (SSSR count). The smallest absolute Gasteiger partial charge is 0.170 e. The Morgan fingerprint density at radius 2 is 1.90 bits per heavy atom. The van der Waals surface area contributed by atoms with E-state index in [1.165, 1.54) is 22.6 Å². The second-order valence-electron chi connectivity index (χ2n) is 2.15. The van der Waals surface area contributed by atoms with E-state index in [1.54, 1.807) is 0 Å². The van der Waals surface area contributed by atoms with Crippen molar-refractivity contribution in [3.05, 3.63) is 0 Å². The molecule has 0 aromatic rings. The van der Waals surface area contributed by atoms with Crippen molar-refractivity contribution in [1.82, 2.24) is 0 Å². The van der Waals surface area contributed by atoms with Crippen LogP contribution in [0.3, 0.4) is 0 Å². The van der Waals surface area contributed by atoms with Crippen molar-refractivity contribution in [2.45, 2.75) is 36.3 Å². The van der Waals surface area contributed by atoms with Gasteiger partial charge in [-0.2, -0.15) is 13.2 Å². The van der Waals surface area contributed by atoms with E-state index in [9.17, 15) is 13.2 Å². The Labute approximate surface area is 72.3 Å². The Morgan fingerprint density at radius 3 is 2.20 bits per heavy atom. The predicted molar refractivity (Wildman–Crippen MR) is 43.4 cm³/mol. The van der Waals surface area contributed by atoms with Gasteiger partial charge in [0, 0.05) is 0 Å². The summed E-state index contributed by atoms with van der Waals surface area (Å²) in [5, 5.41) is 0. The number of halogens is 4. The molecule has 0 saturated heterocycles. The maximum atomic E-state index is 11.8. The lowest BCUT2D eigenvalue weighted by atomic mass is 10.2. The van der Waals surface area contributed by atoms with Crippen LogP contribution in [0.5, 0.6) is 0 Å². The van der Waals surface area contributed by atoms with Crippen LogP contribution in [0.2, 0.25) is 0 Å². The van der Waals surface area contributed by atoms with Gasteiger partial charge in [0.2, 0.25) is 0 Å². The maximum Gasteiger partial charge on any atom is 0.400 e. The van der Waals surface area contributed by atoms with E-state index in [0.29, 0.717) is 6.42 Å². The number of rotatable bonds is 3. The Kier molecular flexibility index (Phi) is 4.64. The van der Waals surface area contributed by atoms with E-state index < -0.39 is 10.1 Å². The van der Waals surface area contributed by atoms with Gasteiger partial charge in [-0.25, -0.2) is 0 Å². The molecule has 4 heteroatoms. The van der Waals surface area contributed by atoms with Crippen LogP contribution in [0.4, 0.5) is 13.2 Å². The van der Waals surface area contributed by atoms with Crippen LogP contribution in [0, 0.1) is 0 Å². The third-order valence-corrected chi connectivity index (χ3v) is 2.50. The van der Waals surface area contributed by atoms with Crippen molar-refractivity contribution in [1.29, 1.82) is 0 Å². The molecule has 0 amide bonds. The molecule has 0 radical (unpaired) electrons. The summed E-state index contributed by atoms with van der Waals surface area (Å²) in [4.78, 5) is 0. The lowest BCUT2D eigenvalue weighted by Gasteiger charge is -2.12. The molecule has 0 bridgehead atoms. The van der Waals surface area contributed by atoms with Gasteiger partial charge >= 0.3 is 6.18 Å². The quantitative estimate of drug-likeness (QED) is 0.541. The fourth-order valence-corrected chi connectivity index (χ4v) is 0.987. The van der Waals surface area contributed by atoms with Crippen molar-refractivity contribution in [3.63, 3.8) is 0 Å². The van der Waals surface area contributed by atoms with E-state index in [1.807, 2.05) is 6.92 Å². The molecule has 0 heterocycles. The lowest BCUT2D eigenvalue weighted by Crippen LogP contribution is -2.22. The van der Waals surface area contributed by atoms with Crippen LogP contribution in [-0.4, -0.2) is 10.1 Å². The van der Waals surface area contributed by atoms with Crippen molar-refractivity contribution in [2.24, 2.45) is 0 Å². The third-order valence-electron chi connectivity index (χ3n) is 1.17. The van der Waals surface area contributed by atoms with E-state index in [-0.39, 0.29) is 6.42 Å². The van der Waals surface area contributed by atoms with Gasteiger partial charge in [-0.05, 0) is 6.42 Å². The minimum absolute atomic E-state index is 0.251. The first kappa shape index (κ1) is 10.5. The van der Waals surface area contributed by atoms with E-state index in [2.05, 4.69) is 0 Å². The SMILES string of the molecule is CCCCC(I)C(F)(F)F. The number of unbranched alkanes of at least 4 members (excludes halogenated alkanes) is 1. The fraction of sp³-hybridized carbons (Fsp3) is 1.00. The number of hydrogen-bond donors (Lipinski definition) is 0. The Balaban J connectivity index is 3.52. The highest BCUT2D eigenvalue weighted by molar-refractivity contribution is 14.1. The van der Waals surface area contributed by atoms with Gasteiger partial charge in [0.25, 0.3) is 0 Å². The minimum Gasteiger partial charge on any atom is -0.170 e. The number of hydrogen-bond acceptors (Lipinski definition) is 0. The van der Waals surface area contributed by atoms with Crippen molar-refractivity contribution >= 4 is 22.6 Å². The molecule has 0 saturated carbocycles. The van der Waals surface area contributed by atoms with Gasteiger partial charge in [-0.1, -0.05) is 42.4 Å². The average molecular weight is 266 g/mol. The summed E-state index contributed by atoms with van der Waals surface area (Å²) in [7, 11) is 0. The van der Waals surface area contributed by atoms with Gasteiger partial charge in [0.15, 0.2) is 0 Å². The zero-order valence-electron chi connectivity index (χ0n) is 5.71. The Morgan fingerprint density at radius 1 is 1.40 bits per heavy atom. The van der Waals surface area contributed by atoms with Gasteiger partial charge in [0.05, 0.1) is 0 Å². The largest absolute Gasteiger partial charge is 0.400 e. The molecule has 62 valence electrons. The van der Waals surface area contributed by atoms with Gasteiger partial charge in [0.1, 0.15) is 3.92 Å². The Hall–Kier alpha value is 0.520. The number of alkyl halides is 4. The van der Waals surface area contributed by atoms with Crippen LogP contribution < -0.4 is 0 Å². The zero-order valence-corrected chi connectivity index (χ0v) is 7.87. The summed E-state index contributed by atoms with van der Waals surface area (Å²) < 4.78 is 34.1. The highest BCUT2D eigenvalue weighted by atomic mass is 127. The molecule has 0 spiro atoms. The summed E-state index contributed by atoms with van der Waals surface area (Å²) >= 11 is 1.45. The van der Waals surface area contributed by atoms with Crippen LogP contribution in [0.15, 0.2) is 0 Å². The van der Waals surface area contributed by atoms with Crippen molar-refractivity contribution in [2.75, 3.05) is 0 Å². The van der Waals surface area contributed by atoms with Crippen molar-refractivity contribution < 1.29 is 13.2 Å². The van der Waals surface area contributed by atoms with E-state index >= 15 is 0 Å². The molecule has 0 nitrogen and oxygen atoms in total. The summed E-state index contributed by atoms with van der Waals surface area (Å²) in [6.07, 6.45) is -2.26. The standard InChI is InChI=1S/C6H10F3I/c1-2-3-4-5(10)6(7,8)9/h5H,2-4H2,1H3. The van der Waals surface area contributed by atoms with Crippen LogP contribution >= 0.6 is 22.6 Å². The maximum absolute atomic E-state index is 11.8. The van der Waals surface area contributed by atoms with Crippen LogP contribution in [0.25, 0.3) is 0 Å². The first-order valence-electron chi connectivity index (χ1n) is 3.19. The summed E-state index contributed by atoms with van der Waals surface area (Å²) in [5.74, 6) is 0. The molecule has 0 aliphatic rings. The van der Waals surface area contributed by atoms with Crippen molar-refractivity contribution in [3.8, 4) is 0 Å². The molecule has 0 aromatic heterocycles. The first-order valence-corrected chi connectivity index (χ1v) is 4.43. The minimum atomic E-state index is -4.00. The van der Waals surface area contributed by atoms with E-state index in [4.69, 9.17) is 0 Å². The topological polar surface area (TPSA) is 0 Å². The Bertz CT molecular complexity index is 89.5. The molecule has 0 aliphatic carbocycles. The molecule has 10 heavy (non-hydrogen) atoms. The molecule has 0 aliphatic heterocycles. The molecule has 0 aromatic carbocycles. The molecule has 0 fully saturated rings.